The van der Waals surface area contributed by atoms with E-state index in [4.69, 9.17) is 0 Å². The fourth-order valence-corrected chi connectivity index (χ4v) is 4.57. The molecule has 0 aromatic heterocycles. The minimum absolute atomic E-state index is 0.0288. The number of carbonyl (C=O) groups excluding carboxylic acids is 1. The maximum absolute atomic E-state index is 13.1. The van der Waals surface area contributed by atoms with Gasteiger partial charge in [-0.15, -0.1) is 0 Å². The van der Waals surface area contributed by atoms with Crippen molar-refractivity contribution < 1.29 is 36.6 Å². The van der Waals surface area contributed by atoms with Gasteiger partial charge in [-0.05, 0) is 54.2 Å². The maximum atomic E-state index is 13.1. The Morgan fingerprint density at radius 1 is 1.21 bits per heavy atom. The molecule has 1 aliphatic heterocycles. The summed E-state index contributed by atoms with van der Waals surface area (Å²) in [7, 11) is -5.62. The van der Waals surface area contributed by atoms with Crippen LogP contribution in [0, 0.1) is 13.8 Å². The number of hydrogen-bond acceptors (Lipinski definition) is 5. The van der Waals surface area contributed by atoms with Crippen molar-refractivity contribution in [2.24, 2.45) is 0 Å². The minimum atomic E-state index is -5.62. The number of rotatable bonds is 4. The molecule has 0 saturated carbocycles. The van der Waals surface area contributed by atoms with Gasteiger partial charge in [-0.2, -0.15) is 21.6 Å². The molecule has 0 fully saturated rings. The number of carboxylic acids is 1. The van der Waals surface area contributed by atoms with Crippen molar-refractivity contribution in [2.45, 2.75) is 31.9 Å². The van der Waals surface area contributed by atoms with Gasteiger partial charge in [0.1, 0.15) is 6.10 Å². The molecule has 1 aliphatic rings. The topological polar surface area (TPSA) is 97.7 Å². The van der Waals surface area contributed by atoms with Gasteiger partial charge in [0.05, 0.1) is 11.7 Å². The van der Waals surface area contributed by atoms with Crippen molar-refractivity contribution in [3.05, 3.63) is 52.6 Å². The number of alkyl halides is 3. The van der Waals surface area contributed by atoms with Crippen LogP contribution in [0.1, 0.15) is 28.4 Å². The molecule has 29 heavy (non-hydrogen) atoms. The van der Waals surface area contributed by atoms with Crippen molar-refractivity contribution in [3.8, 4) is 11.1 Å². The van der Waals surface area contributed by atoms with E-state index in [9.17, 15) is 36.6 Å². The molecule has 156 valence electrons. The van der Waals surface area contributed by atoms with Gasteiger partial charge in [-0.1, -0.05) is 29.8 Å². The summed E-state index contributed by atoms with van der Waals surface area (Å²) in [5.74, 6) is -1.76. The van der Waals surface area contributed by atoms with E-state index in [2.05, 4.69) is 0 Å². The first-order valence-electron chi connectivity index (χ1n) is 8.57. The number of nitrogens with zero attached hydrogens (tertiary/aromatic N) is 1. The van der Waals surface area contributed by atoms with E-state index >= 15 is 0 Å². The third-order valence-corrected chi connectivity index (χ3v) is 6.46. The van der Waals surface area contributed by atoms with Crippen LogP contribution in [0.2, 0.25) is 0 Å². The minimum Gasteiger partial charge on any atom is -0.547 e. The molecule has 1 unspecified atom stereocenters. The Kier molecular flexibility index (Phi) is 5.12. The second-order valence-corrected chi connectivity index (χ2v) is 8.69. The molecule has 0 amide bonds. The van der Waals surface area contributed by atoms with Crippen LogP contribution in [0.4, 0.5) is 18.9 Å². The molecule has 10 heteroatoms. The number of benzene rings is 2. The smallest absolute Gasteiger partial charge is 0.516 e. The summed E-state index contributed by atoms with van der Waals surface area (Å²) in [5, 5.41) is 21.5. The highest BCUT2D eigenvalue weighted by Crippen LogP contribution is 2.45. The van der Waals surface area contributed by atoms with E-state index in [-0.39, 0.29) is 38.7 Å². The first kappa shape index (κ1) is 21.1. The molecule has 2 aromatic rings. The molecule has 0 radical (unpaired) electrons. The van der Waals surface area contributed by atoms with Gasteiger partial charge in [0, 0.05) is 6.54 Å². The van der Waals surface area contributed by atoms with Crippen LogP contribution in [0.15, 0.2) is 30.3 Å². The quantitative estimate of drug-likeness (QED) is 0.803. The summed E-state index contributed by atoms with van der Waals surface area (Å²) in [5.41, 5.74) is -3.77. The Hall–Kier alpha value is -2.59. The van der Waals surface area contributed by atoms with E-state index in [1.54, 1.807) is 24.3 Å². The Morgan fingerprint density at radius 2 is 1.79 bits per heavy atom. The molecular formula is C19H17F3NO5S-. The number of aryl methyl sites for hydroxylation is 2. The zero-order valence-electron chi connectivity index (χ0n) is 15.4. The number of fused-ring (bicyclic) bond motifs is 1. The Labute approximate surface area is 165 Å². The van der Waals surface area contributed by atoms with Crippen molar-refractivity contribution in [3.63, 3.8) is 0 Å². The summed E-state index contributed by atoms with van der Waals surface area (Å²) in [6.07, 6.45) is -2.09. The first-order chi connectivity index (χ1) is 13.4. The van der Waals surface area contributed by atoms with E-state index in [0.717, 1.165) is 11.6 Å². The second-order valence-electron chi connectivity index (χ2n) is 6.84. The standard InChI is InChI=1S/C19H18F3NO5S/c1-10-3-5-12(6-4-10)16-13-7-8-23(29(27,28)19(20,21)22)14(13)9-11(2)15(16)17(24)18(25)26/h3-6,9,17,24H,7-8H2,1-2H3,(H,25,26)/p-1. The summed E-state index contributed by atoms with van der Waals surface area (Å²) in [6, 6.07) is 7.87. The van der Waals surface area contributed by atoms with Gasteiger partial charge in [0.25, 0.3) is 0 Å². The number of halogens is 3. The lowest BCUT2D eigenvalue weighted by Gasteiger charge is -2.25. The van der Waals surface area contributed by atoms with Crippen LogP contribution in [0.3, 0.4) is 0 Å². The van der Waals surface area contributed by atoms with Crippen molar-refractivity contribution >= 4 is 21.7 Å². The molecule has 2 aromatic carbocycles. The normalized spacial score (nSPS) is 15.3. The lowest BCUT2D eigenvalue weighted by atomic mass is 9.87. The monoisotopic (exact) mass is 428 g/mol. The lowest BCUT2D eigenvalue weighted by molar-refractivity contribution is -0.315. The SMILES string of the molecule is Cc1ccc(-c2c3c(cc(C)c2C(O)C(=O)[O-])N(S(=O)(=O)C(F)(F)F)CC3)cc1. The summed E-state index contributed by atoms with van der Waals surface area (Å²) in [4.78, 5) is 11.3. The number of aliphatic carboxylic acids is 1. The molecular weight excluding hydrogens is 411 g/mol. The Bertz CT molecular complexity index is 1080. The van der Waals surface area contributed by atoms with Crippen LogP contribution >= 0.6 is 0 Å². The van der Waals surface area contributed by atoms with Crippen LogP contribution < -0.4 is 9.41 Å². The molecule has 0 saturated heterocycles. The number of aliphatic hydroxyl groups excluding tert-OH is 1. The first-order valence-corrected chi connectivity index (χ1v) is 10.0. The number of sulfonamides is 1. The number of carboxylic acid groups (broad SMARTS) is 1. The number of anilines is 1. The molecule has 1 heterocycles. The van der Waals surface area contributed by atoms with Gasteiger partial charge in [0.2, 0.25) is 0 Å². The van der Waals surface area contributed by atoms with Gasteiger partial charge in [-0.3, -0.25) is 4.31 Å². The summed E-state index contributed by atoms with van der Waals surface area (Å²) >= 11 is 0. The maximum Gasteiger partial charge on any atom is 0.516 e. The highest BCUT2D eigenvalue weighted by molar-refractivity contribution is 7.93. The highest BCUT2D eigenvalue weighted by atomic mass is 32.2. The summed E-state index contributed by atoms with van der Waals surface area (Å²) in [6.45, 7) is 2.77. The Morgan fingerprint density at radius 3 is 2.31 bits per heavy atom. The Balaban J connectivity index is 2.33. The number of aliphatic hydroxyl groups is 1. The van der Waals surface area contributed by atoms with E-state index < -0.39 is 34.1 Å². The molecule has 0 aliphatic carbocycles. The van der Waals surface area contributed by atoms with Gasteiger partial charge < -0.3 is 15.0 Å². The lowest BCUT2D eigenvalue weighted by Crippen LogP contribution is -2.39. The van der Waals surface area contributed by atoms with Crippen LogP contribution in [0.5, 0.6) is 0 Å². The van der Waals surface area contributed by atoms with Gasteiger partial charge in [0.15, 0.2) is 0 Å². The van der Waals surface area contributed by atoms with Crippen molar-refractivity contribution in [2.75, 3.05) is 10.8 Å². The third-order valence-electron chi connectivity index (χ3n) is 4.91. The molecule has 0 bridgehead atoms. The van der Waals surface area contributed by atoms with E-state index in [1.807, 2.05) is 6.92 Å². The second kappa shape index (κ2) is 7.03. The van der Waals surface area contributed by atoms with Crippen LogP contribution in [-0.4, -0.2) is 31.5 Å². The van der Waals surface area contributed by atoms with Crippen LogP contribution in [0.25, 0.3) is 11.1 Å². The number of hydrogen-bond donors (Lipinski definition) is 1. The number of carbonyl (C=O) groups is 1. The van der Waals surface area contributed by atoms with Crippen LogP contribution in [-0.2, 0) is 21.2 Å². The molecule has 1 N–H and O–H groups in total. The molecule has 1 atom stereocenters. The molecule has 0 spiro atoms. The predicted molar refractivity (Wildman–Crippen MR) is 97.3 cm³/mol. The predicted octanol–water partition coefficient (Wildman–Crippen LogP) is 1.97. The fraction of sp³-hybridized carbons (Fsp3) is 0.316. The van der Waals surface area contributed by atoms with E-state index in [0.29, 0.717) is 5.56 Å². The van der Waals surface area contributed by atoms with Gasteiger partial charge >= 0.3 is 15.5 Å². The zero-order chi connectivity index (χ0) is 21.7. The third kappa shape index (κ3) is 3.46. The van der Waals surface area contributed by atoms with E-state index in [1.165, 1.54) is 6.92 Å². The largest absolute Gasteiger partial charge is 0.547 e. The summed E-state index contributed by atoms with van der Waals surface area (Å²) < 4.78 is 63.6. The van der Waals surface area contributed by atoms with Crippen molar-refractivity contribution in [1.29, 1.82) is 0 Å². The zero-order valence-corrected chi connectivity index (χ0v) is 16.3. The van der Waals surface area contributed by atoms with Gasteiger partial charge in [-0.25, -0.2) is 0 Å². The van der Waals surface area contributed by atoms with Crippen molar-refractivity contribution in [1.82, 2.24) is 0 Å². The fourth-order valence-electron chi connectivity index (χ4n) is 3.56. The molecule has 6 nitrogen and oxygen atoms in total. The average molecular weight is 428 g/mol. The average Bonchev–Trinajstić information content (AvgIpc) is 3.03. The highest BCUT2D eigenvalue weighted by Gasteiger charge is 2.52. The molecule has 3 rings (SSSR count).